The first-order valence-corrected chi connectivity index (χ1v) is 13.5. The molecule has 2 N–H and O–H groups in total. The average Bonchev–Trinajstić information content (AvgIpc) is 3.43. The number of carbonyl (C=O) groups is 3. The van der Waals surface area contributed by atoms with Crippen LogP contribution in [0.5, 0.6) is 0 Å². The van der Waals surface area contributed by atoms with Gasteiger partial charge in [-0.25, -0.2) is 4.98 Å². The number of nitrogens with one attached hydrogen (secondary N) is 2. The van der Waals surface area contributed by atoms with Crippen LogP contribution >= 0.6 is 0 Å². The van der Waals surface area contributed by atoms with Crippen LogP contribution in [0.3, 0.4) is 0 Å². The van der Waals surface area contributed by atoms with Gasteiger partial charge in [0.15, 0.2) is 0 Å². The fourth-order valence-electron chi connectivity index (χ4n) is 6.64. The fraction of sp³-hybridized carbons (Fsp3) is 0.355. The van der Waals surface area contributed by atoms with Crippen molar-refractivity contribution in [3.05, 3.63) is 89.1 Å². The van der Waals surface area contributed by atoms with Crippen LogP contribution in [0, 0.1) is 5.92 Å². The highest BCUT2D eigenvalue weighted by Gasteiger charge is 2.51. The molecule has 1 spiro atoms. The largest absolute Gasteiger partial charge is 0.325 e. The van der Waals surface area contributed by atoms with Crippen molar-refractivity contribution in [1.29, 1.82) is 0 Å². The number of carbonyl (C=O) groups excluding carboxylic acids is 3. The molecule has 1 fully saturated rings. The number of likely N-dealkylation sites (N-methyl/N-ethyl adjacent to an activating group) is 1. The molecular formula is C31H33N5O3. The molecule has 0 radical (unpaired) electrons. The Kier molecular flexibility index (Phi) is 6.22. The van der Waals surface area contributed by atoms with Crippen molar-refractivity contribution in [1.82, 2.24) is 14.8 Å². The van der Waals surface area contributed by atoms with E-state index in [1.807, 2.05) is 81.6 Å². The van der Waals surface area contributed by atoms with Crippen LogP contribution < -0.4 is 10.6 Å². The maximum atomic E-state index is 13.6. The Labute approximate surface area is 228 Å². The van der Waals surface area contributed by atoms with Gasteiger partial charge in [0.05, 0.1) is 17.5 Å². The number of benzene rings is 2. The summed E-state index contributed by atoms with van der Waals surface area (Å²) in [5, 5.41) is 5.95. The molecule has 0 unspecified atom stereocenters. The lowest BCUT2D eigenvalue weighted by molar-refractivity contribution is -0.149. The first-order chi connectivity index (χ1) is 18.8. The van der Waals surface area contributed by atoms with Crippen molar-refractivity contribution >= 4 is 29.2 Å². The number of aromatic nitrogens is 1. The van der Waals surface area contributed by atoms with Crippen LogP contribution in [0.1, 0.15) is 42.1 Å². The zero-order valence-corrected chi connectivity index (χ0v) is 22.5. The van der Waals surface area contributed by atoms with E-state index in [0.717, 1.165) is 22.3 Å². The molecule has 2 aliphatic heterocycles. The summed E-state index contributed by atoms with van der Waals surface area (Å²) in [5.41, 5.74) is 4.08. The highest BCUT2D eigenvalue weighted by atomic mass is 16.2. The zero-order valence-electron chi connectivity index (χ0n) is 22.5. The van der Waals surface area contributed by atoms with Crippen LogP contribution in [0.15, 0.2) is 66.9 Å². The lowest BCUT2D eigenvalue weighted by Crippen LogP contribution is -2.59. The zero-order chi connectivity index (χ0) is 27.3. The van der Waals surface area contributed by atoms with E-state index in [2.05, 4.69) is 20.5 Å². The normalized spacial score (nSPS) is 24.2. The van der Waals surface area contributed by atoms with Gasteiger partial charge in [0.1, 0.15) is 12.4 Å². The Balaban J connectivity index is 1.21. The van der Waals surface area contributed by atoms with Gasteiger partial charge >= 0.3 is 0 Å². The number of hydrogen-bond donors (Lipinski definition) is 2. The van der Waals surface area contributed by atoms with Gasteiger partial charge in [-0.2, -0.15) is 0 Å². The lowest BCUT2D eigenvalue weighted by Gasteiger charge is -2.45. The third kappa shape index (κ3) is 4.29. The van der Waals surface area contributed by atoms with Crippen LogP contribution in [-0.2, 0) is 32.6 Å². The monoisotopic (exact) mass is 523 g/mol. The average molecular weight is 524 g/mol. The van der Waals surface area contributed by atoms with Crippen molar-refractivity contribution in [2.24, 2.45) is 5.92 Å². The minimum absolute atomic E-state index is 0.0294. The number of amides is 3. The lowest BCUT2D eigenvalue weighted by atomic mass is 9.79. The molecule has 39 heavy (non-hydrogen) atoms. The first-order valence-electron chi connectivity index (χ1n) is 13.5. The molecule has 8 heteroatoms. The van der Waals surface area contributed by atoms with Crippen molar-refractivity contribution < 1.29 is 14.4 Å². The molecule has 1 saturated heterocycles. The molecule has 3 aliphatic rings. The van der Waals surface area contributed by atoms with Gasteiger partial charge in [-0.3, -0.25) is 19.3 Å². The maximum Gasteiger partial charge on any atom is 0.244 e. The Morgan fingerprint density at radius 1 is 1.08 bits per heavy atom. The standard InChI is InChI=1S/C31H33N5O3/c1-19(2)27-29(38)36(25(17-35(27)3)20-8-5-4-6-9-20)18-26(37)33-23-12-11-21-15-31(16-22(21)14-23)24-10-7-13-32-28(24)34-30(31)39/h4-14,19,25,27H,15-18H2,1-3H3,(H,33,37)(H,32,34,39)/t25-,27-,31-/m1/s1. The Bertz CT molecular complexity index is 1460. The molecule has 6 rings (SSSR count). The van der Waals surface area contributed by atoms with E-state index in [1.165, 1.54) is 0 Å². The maximum absolute atomic E-state index is 13.6. The van der Waals surface area contributed by atoms with E-state index in [-0.39, 0.29) is 42.3 Å². The van der Waals surface area contributed by atoms with Crippen LogP contribution in [0.4, 0.5) is 11.5 Å². The SMILES string of the molecule is CC(C)[C@@H]1C(=O)N(CC(=O)Nc2ccc3c(c2)C[C@@]2(C3)C(=O)Nc3ncccc32)[C@@H](c2ccccc2)CN1C. The Morgan fingerprint density at radius 2 is 1.85 bits per heavy atom. The number of nitrogens with zero attached hydrogens (tertiary/aromatic N) is 3. The summed E-state index contributed by atoms with van der Waals surface area (Å²) in [4.78, 5) is 48.2. The Hall–Kier alpha value is -4.04. The second-order valence-electron chi connectivity index (χ2n) is 11.3. The predicted octanol–water partition coefficient (Wildman–Crippen LogP) is 3.55. The summed E-state index contributed by atoms with van der Waals surface area (Å²) in [6, 6.07) is 19.1. The smallest absolute Gasteiger partial charge is 0.244 e. The number of hydrogen-bond acceptors (Lipinski definition) is 5. The molecule has 2 aromatic carbocycles. The predicted molar refractivity (Wildman–Crippen MR) is 149 cm³/mol. The van der Waals surface area contributed by atoms with E-state index in [9.17, 15) is 14.4 Å². The number of pyridine rings is 1. The third-order valence-corrected chi connectivity index (χ3v) is 8.44. The molecule has 3 amide bonds. The summed E-state index contributed by atoms with van der Waals surface area (Å²) in [7, 11) is 1.98. The van der Waals surface area contributed by atoms with E-state index in [0.29, 0.717) is 30.9 Å². The second kappa shape index (κ2) is 9.61. The van der Waals surface area contributed by atoms with Gasteiger partial charge in [-0.05, 0) is 60.7 Å². The van der Waals surface area contributed by atoms with Gasteiger partial charge in [-0.1, -0.05) is 56.3 Å². The molecule has 3 heterocycles. The molecule has 3 aromatic rings. The van der Waals surface area contributed by atoms with Gasteiger partial charge in [0.25, 0.3) is 0 Å². The highest BCUT2D eigenvalue weighted by Crippen LogP contribution is 2.47. The molecule has 0 bridgehead atoms. The highest BCUT2D eigenvalue weighted by molar-refractivity contribution is 6.06. The summed E-state index contributed by atoms with van der Waals surface area (Å²) in [5.74, 6) is 0.462. The third-order valence-electron chi connectivity index (χ3n) is 8.44. The van der Waals surface area contributed by atoms with Crippen LogP contribution in [-0.4, -0.2) is 58.7 Å². The van der Waals surface area contributed by atoms with Gasteiger partial charge in [0, 0.05) is 24.0 Å². The molecule has 1 aromatic heterocycles. The number of anilines is 2. The minimum atomic E-state index is -0.657. The Morgan fingerprint density at radius 3 is 2.62 bits per heavy atom. The molecule has 3 atom stereocenters. The number of piperazine rings is 1. The summed E-state index contributed by atoms with van der Waals surface area (Å²) in [6.07, 6.45) is 2.84. The van der Waals surface area contributed by atoms with Crippen molar-refractivity contribution in [3.8, 4) is 0 Å². The molecule has 1 aliphatic carbocycles. The first kappa shape index (κ1) is 25.2. The summed E-state index contributed by atoms with van der Waals surface area (Å²) in [6.45, 7) is 4.70. The fourth-order valence-corrected chi connectivity index (χ4v) is 6.64. The topological polar surface area (TPSA) is 94.6 Å². The van der Waals surface area contributed by atoms with Crippen molar-refractivity contribution in [2.75, 3.05) is 30.8 Å². The molecule has 8 nitrogen and oxygen atoms in total. The quantitative estimate of drug-likeness (QED) is 0.534. The number of rotatable bonds is 5. The van der Waals surface area contributed by atoms with E-state index >= 15 is 0 Å². The molecule has 0 saturated carbocycles. The van der Waals surface area contributed by atoms with Gasteiger partial charge in [0.2, 0.25) is 17.7 Å². The van der Waals surface area contributed by atoms with E-state index in [1.54, 1.807) is 11.1 Å². The molecule has 200 valence electrons. The van der Waals surface area contributed by atoms with E-state index < -0.39 is 5.41 Å². The van der Waals surface area contributed by atoms with Crippen LogP contribution in [0.2, 0.25) is 0 Å². The van der Waals surface area contributed by atoms with Crippen molar-refractivity contribution in [2.45, 2.75) is 44.2 Å². The van der Waals surface area contributed by atoms with Gasteiger partial charge in [-0.15, -0.1) is 0 Å². The molecular weight excluding hydrogens is 490 g/mol. The van der Waals surface area contributed by atoms with Gasteiger partial charge < -0.3 is 15.5 Å². The van der Waals surface area contributed by atoms with E-state index in [4.69, 9.17) is 0 Å². The second-order valence-corrected chi connectivity index (χ2v) is 11.3. The van der Waals surface area contributed by atoms with Crippen molar-refractivity contribution in [3.63, 3.8) is 0 Å². The van der Waals surface area contributed by atoms with Crippen LogP contribution in [0.25, 0.3) is 0 Å². The minimum Gasteiger partial charge on any atom is -0.325 e. The number of fused-ring (bicyclic) bond motifs is 3. The summed E-state index contributed by atoms with van der Waals surface area (Å²) >= 11 is 0. The summed E-state index contributed by atoms with van der Waals surface area (Å²) < 4.78 is 0.